The zero-order valence-electron chi connectivity index (χ0n) is 12.9. The highest BCUT2D eigenvalue weighted by Gasteiger charge is 2.28. The van der Waals surface area contributed by atoms with Crippen LogP contribution in [-0.2, 0) is 9.59 Å². The summed E-state index contributed by atoms with van der Waals surface area (Å²) in [6.07, 6.45) is 1.35. The average molecular weight is 335 g/mol. The van der Waals surface area contributed by atoms with Gasteiger partial charge in [0, 0.05) is 11.6 Å². The molecular weight excluding hydrogens is 316 g/mol. The van der Waals surface area contributed by atoms with Gasteiger partial charge in [-0.3, -0.25) is 14.5 Å². The fourth-order valence-corrected chi connectivity index (χ4v) is 2.89. The van der Waals surface area contributed by atoms with Crippen LogP contribution in [-0.4, -0.2) is 35.8 Å². The van der Waals surface area contributed by atoms with E-state index in [4.69, 9.17) is 22.6 Å². The van der Waals surface area contributed by atoms with Gasteiger partial charge in [0.25, 0.3) is 0 Å². The summed E-state index contributed by atoms with van der Waals surface area (Å²) in [6, 6.07) is 6.43. The molecule has 1 heterocycles. The summed E-state index contributed by atoms with van der Waals surface area (Å²) >= 11 is 5.96. The number of nitrogens with one attached hydrogen (secondary N) is 1. The number of piperidine rings is 1. The number of benzene rings is 1. The van der Waals surface area contributed by atoms with Crippen LogP contribution < -0.4 is 11.1 Å². The lowest BCUT2D eigenvalue weighted by Crippen LogP contribution is -2.47. The molecule has 1 saturated heterocycles. The van der Waals surface area contributed by atoms with Crippen LogP contribution in [0.15, 0.2) is 18.2 Å². The van der Waals surface area contributed by atoms with Crippen LogP contribution >= 0.6 is 11.6 Å². The third-order valence-electron chi connectivity index (χ3n) is 4.22. The summed E-state index contributed by atoms with van der Waals surface area (Å²) in [5.41, 5.74) is 6.24. The molecule has 23 heavy (non-hydrogen) atoms. The van der Waals surface area contributed by atoms with E-state index in [0.717, 1.165) is 0 Å². The second-order valence-electron chi connectivity index (χ2n) is 5.68. The Morgan fingerprint density at radius 3 is 2.61 bits per heavy atom. The van der Waals surface area contributed by atoms with Crippen molar-refractivity contribution in [2.24, 2.45) is 11.7 Å². The Bertz CT molecular complexity index is 648. The lowest BCUT2D eigenvalue weighted by molar-refractivity contribution is -0.124. The number of hydrogen-bond donors (Lipinski definition) is 2. The Kier molecular flexibility index (Phi) is 5.59. The second-order valence-corrected chi connectivity index (χ2v) is 6.09. The lowest BCUT2D eigenvalue weighted by Gasteiger charge is -2.34. The van der Waals surface area contributed by atoms with Gasteiger partial charge in [-0.1, -0.05) is 11.6 Å². The minimum atomic E-state index is -0.321. The third-order valence-corrected chi connectivity index (χ3v) is 4.53. The van der Waals surface area contributed by atoms with Crippen LogP contribution in [0, 0.1) is 17.2 Å². The van der Waals surface area contributed by atoms with Crippen molar-refractivity contribution in [2.75, 3.05) is 18.4 Å². The van der Waals surface area contributed by atoms with E-state index in [1.54, 1.807) is 18.2 Å². The van der Waals surface area contributed by atoms with Crippen LogP contribution in [0.4, 0.5) is 5.69 Å². The van der Waals surface area contributed by atoms with Crippen molar-refractivity contribution in [3.05, 3.63) is 28.8 Å². The summed E-state index contributed by atoms with van der Waals surface area (Å²) in [7, 11) is 0. The van der Waals surface area contributed by atoms with Crippen molar-refractivity contribution in [3.8, 4) is 6.07 Å². The Morgan fingerprint density at radius 1 is 1.43 bits per heavy atom. The number of hydrogen-bond acceptors (Lipinski definition) is 4. The minimum Gasteiger partial charge on any atom is -0.369 e. The van der Waals surface area contributed by atoms with Gasteiger partial charge in [-0.2, -0.15) is 5.26 Å². The number of rotatable bonds is 4. The molecule has 1 aromatic carbocycles. The molecule has 0 aliphatic carbocycles. The van der Waals surface area contributed by atoms with E-state index < -0.39 is 0 Å². The molecule has 6 nitrogen and oxygen atoms in total. The molecule has 3 N–H and O–H groups in total. The van der Waals surface area contributed by atoms with E-state index in [9.17, 15) is 9.59 Å². The quantitative estimate of drug-likeness (QED) is 0.875. The molecule has 0 saturated carbocycles. The normalized spacial score (nSPS) is 17.3. The van der Waals surface area contributed by atoms with Crippen molar-refractivity contribution >= 4 is 29.1 Å². The Balaban J connectivity index is 1.94. The molecule has 2 rings (SSSR count). The monoisotopic (exact) mass is 334 g/mol. The number of primary amides is 1. The van der Waals surface area contributed by atoms with Gasteiger partial charge in [0.2, 0.25) is 11.8 Å². The molecule has 1 aliphatic heterocycles. The summed E-state index contributed by atoms with van der Waals surface area (Å²) in [5.74, 6) is -0.517. The Labute approximate surface area is 140 Å². The van der Waals surface area contributed by atoms with Crippen molar-refractivity contribution in [3.63, 3.8) is 0 Å². The lowest BCUT2D eigenvalue weighted by atomic mass is 9.95. The first-order valence-electron chi connectivity index (χ1n) is 7.46. The fraction of sp³-hybridized carbons (Fsp3) is 0.438. The molecule has 0 aromatic heterocycles. The van der Waals surface area contributed by atoms with E-state index in [1.807, 2.05) is 17.9 Å². The summed E-state index contributed by atoms with van der Waals surface area (Å²) in [4.78, 5) is 25.5. The molecule has 0 spiro atoms. The van der Waals surface area contributed by atoms with Gasteiger partial charge in [-0.15, -0.1) is 0 Å². The van der Waals surface area contributed by atoms with E-state index >= 15 is 0 Å². The van der Waals surface area contributed by atoms with Crippen LogP contribution in [0.5, 0.6) is 0 Å². The number of likely N-dealkylation sites (tertiary alicyclic amines) is 1. The Hall–Kier alpha value is -2.10. The predicted molar refractivity (Wildman–Crippen MR) is 87.8 cm³/mol. The van der Waals surface area contributed by atoms with Gasteiger partial charge >= 0.3 is 0 Å². The molecule has 1 unspecified atom stereocenters. The van der Waals surface area contributed by atoms with Crippen molar-refractivity contribution in [2.45, 2.75) is 25.8 Å². The number of halogens is 1. The highest BCUT2D eigenvalue weighted by Crippen LogP contribution is 2.22. The minimum absolute atomic E-state index is 0.0983. The van der Waals surface area contributed by atoms with Gasteiger partial charge in [-0.05, 0) is 51.1 Å². The van der Waals surface area contributed by atoms with Gasteiger partial charge < -0.3 is 11.1 Å². The maximum atomic E-state index is 12.3. The van der Waals surface area contributed by atoms with E-state index in [1.165, 1.54) is 0 Å². The maximum Gasteiger partial charge on any atom is 0.241 e. The largest absolute Gasteiger partial charge is 0.369 e. The number of amides is 2. The highest BCUT2D eigenvalue weighted by atomic mass is 35.5. The maximum absolute atomic E-state index is 12.3. The van der Waals surface area contributed by atoms with Crippen molar-refractivity contribution < 1.29 is 9.59 Å². The third kappa shape index (κ3) is 4.21. The first kappa shape index (κ1) is 17.3. The smallest absolute Gasteiger partial charge is 0.241 e. The van der Waals surface area contributed by atoms with E-state index in [2.05, 4.69) is 5.32 Å². The second kappa shape index (κ2) is 7.44. The Morgan fingerprint density at radius 2 is 2.09 bits per heavy atom. The molecule has 1 aromatic rings. The molecule has 7 heteroatoms. The van der Waals surface area contributed by atoms with Crippen molar-refractivity contribution in [1.29, 1.82) is 5.26 Å². The summed E-state index contributed by atoms with van der Waals surface area (Å²) < 4.78 is 0. The standard InChI is InChI=1S/C16H19ClN4O2/c1-10(21-6-4-11(5-7-21)15(19)22)16(23)20-13-3-2-12(9-18)14(17)8-13/h2-3,8,10-11H,4-7H2,1H3,(H2,19,22)(H,20,23). The topological polar surface area (TPSA) is 99.2 Å². The molecule has 0 bridgehead atoms. The molecule has 0 radical (unpaired) electrons. The number of anilines is 1. The van der Waals surface area contributed by atoms with Gasteiger partial charge in [0.1, 0.15) is 6.07 Å². The fourth-order valence-electron chi connectivity index (χ4n) is 2.67. The van der Waals surface area contributed by atoms with Gasteiger partial charge in [-0.25, -0.2) is 0 Å². The highest BCUT2D eigenvalue weighted by molar-refractivity contribution is 6.32. The first-order valence-corrected chi connectivity index (χ1v) is 7.84. The number of carbonyl (C=O) groups is 2. The molecule has 2 amide bonds. The number of nitriles is 1. The zero-order chi connectivity index (χ0) is 17.0. The molecular formula is C16H19ClN4O2. The van der Waals surface area contributed by atoms with Crippen LogP contribution in [0.2, 0.25) is 5.02 Å². The average Bonchev–Trinajstić information content (AvgIpc) is 2.54. The summed E-state index contributed by atoms with van der Waals surface area (Å²) in [6.45, 7) is 3.15. The molecule has 1 aliphatic rings. The van der Waals surface area contributed by atoms with E-state index in [-0.39, 0.29) is 23.8 Å². The van der Waals surface area contributed by atoms with E-state index in [0.29, 0.717) is 42.2 Å². The number of nitrogens with zero attached hydrogens (tertiary/aromatic N) is 2. The summed E-state index contributed by atoms with van der Waals surface area (Å²) in [5, 5.41) is 12.0. The molecule has 1 atom stereocenters. The van der Waals surface area contributed by atoms with Crippen LogP contribution in [0.3, 0.4) is 0 Å². The van der Waals surface area contributed by atoms with Crippen LogP contribution in [0.1, 0.15) is 25.3 Å². The van der Waals surface area contributed by atoms with Crippen molar-refractivity contribution in [1.82, 2.24) is 4.90 Å². The zero-order valence-corrected chi connectivity index (χ0v) is 13.6. The SMILES string of the molecule is CC(C(=O)Nc1ccc(C#N)c(Cl)c1)N1CCC(C(N)=O)CC1. The van der Waals surface area contributed by atoms with Gasteiger partial charge in [0.15, 0.2) is 0 Å². The first-order chi connectivity index (χ1) is 10.9. The number of carbonyl (C=O) groups excluding carboxylic acids is 2. The van der Waals surface area contributed by atoms with Crippen LogP contribution in [0.25, 0.3) is 0 Å². The predicted octanol–water partition coefficient (Wildman–Crippen LogP) is 1.74. The molecule has 1 fully saturated rings. The number of nitrogens with two attached hydrogens (primary N) is 1. The van der Waals surface area contributed by atoms with Gasteiger partial charge in [0.05, 0.1) is 16.6 Å². The molecule has 122 valence electrons.